The minimum atomic E-state index is -1.01. The number of ether oxygens (including phenoxy) is 1. The number of carbonyl (C=O) groups excluding carboxylic acids is 1. The van der Waals surface area contributed by atoms with E-state index in [2.05, 4.69) is 10.3 Å². The van der Waals surface area contributed by atoms with E-state index in [1.54, 1.807) is 11.3 Å². The molecule has 1 saturated heterocycles. The summed E-state index contributed by atoms with van der Waals surface area (Å²) in [6.45, 7) is 0. The first-order valence-electron chi connectivity index (χ1n) is 7.70. The SMILES string of the molecule is O=C(Nc1ccc2nc(C3CC3)sc2c1)[C@@H]1CC[C@H](C(=O)O)O1. The van der Waals surface area contributed by atoms with Crippen LogP contribution in [0.4, 0.5) is 5.69 Å². The molecule has 1 aliphatic carbocycles. The highest BCUT2D eigenvalue weighted by molar-refractivity contribution is 7.18. The number of aromatic nitrogens is 1. The van der Waals surface area contributed by atoms with E-state index >= 15 is 0 Å². The molecule has 0 unspecified atom stereocenters. The number of amides is 1. The Hall–Kier alpha value is -1.99. The van der Waals surface area contributed by atoms with Crippen molar-refractivity contribution in [3.8, 4) is 0 Å². The zero-order chi connectivity index (χ0) is 16.0. The van der Waals surface area contributed by atoms with Crippen LogP contribution in [0.2, 0.25) is 0 Å². The lowest BCUT2D eigenvalue weighted by atomic mass is 10.2. The molecule has 7 heteroatoms. The fourth-order valence-corrected chi connectivity index (χ4v) is 3.94. The summed E-state index contributed by atoms with van der Waals surface area (Å²) in [4.78, 5) is 27.7. The number of rotatable bonds is 4. The molecule has 120 valence electrons. The van der Waals surface area contributed by atoms with Crippen molar-refractivity contribution in [1.82, 2.24) is 4.98 Å². The highest BCUT2D eigenvalue weighted by Gasteiger charge is 2.34. The Morgan fingerprint density at radius 1 is 1.22 bits per heavy atom. The minimum Gasteiger partial charge on any atom is -0.479 e. The molecule has 2 heterocycles. The summed E-state index contributed by atoms with van der Waals surface area (Å²) < 4.78 is 6.32. The number of hydrogen-bond acceptors (Lipinski definition) is 5. The number of fused-ring (bicyclic) bond motifs is 1. The van der Waals surface area contributed by atoms with Crippen LogP contribution < -0.4 is 5.32 Å². The number of thiazole rings is 1. The first kappa shape index (κ1) is 14.6. The van der Waals surface area contributed by atoms with Gasteiger partial charge in [0.25, 0.3) is 5.91 Å². The molecule has 2 N–H and O–H groups in total. The van der Waals surface area contributed by atoms with Crippen molar-refractivity contribution < 1.29 is 19.4 Å². The number of carboxylic acids is 1. The molecule has 0 radical (unpaired) electrons. The fraction of sp³-hybridized carbons (Fsp3) is 0.438. The number of benzene rings is 1. The van der Waals surface area contributed by atoms with Crippen LogP contribution >= 0.6 is 11.3 Å². The van der Waals surface area contributed by atoms with E-state index in [-0.39, 0.29) is 5.91 Å². The molecule has 1 amide bonds. The Bertz CT molecular complexity index is 783. The molecule has 2 fully saturated rings. The van der Waals surface area contributed by atoms with Crippen molar-refractivity contribution in [3.05, 3.63) is 23.2 Å². The highest BCUT2D eigenvalue weighted by atomic mass is 32.1. The molecule has 4 rings (SSSR count). The lowest BCUT2D eigenvalue weighted by Gasteiger charge is -2.11. The van der Waals surface area contributed by atoms with Gasteiger partial charge in [0.2, 0.25) is 0 Å². The molecule has 1 aliphatic heterocycles. The lowest BCUT2D eigenvalue weighted by Crippen LogP contribution is -2.29. The van der Waals surface area contributed by atoms with Crippen LogP contribution in [0.25, 0.3) is 10.2 Å². The van der Waals surface area contributed by atoms with Crippen molar-refractivity contribution >= 4 is 39.1 Å². The number of anilines is 1. The van der Waals surface area contributed by atoms with E-state index in [1.165, 1.54) is 17.8 Å². The van der Waals surface area contributed by atoms with Crippen LogP contribution in [0.15, 0.2) is 18.2 Å². The lowest BCUT2D eigenvalue weighted by molar-refractivity contribution is -0.150. The Balaban J connectivity index is 1.46. The molecule has 0 spiro atoms. The summed E-state index contributed by atoms with van der Waals surface area (Å²) in [5.41, 5.74) is 1.65. The quantitative estimate of drug-likeness (QED) is 0.899. The molecule has 2 aromatic rings. The average Bonchev–Trinajstić information content (AvgIpc) is 3.10. The number of hydrogen-bond donors (Lipinski definition) is 2. The van der Waals surface area contributed by atoms with E-state index in [4.69, 9.17) is 9.84 Å². The van der Waals surface area contributed by atoms with Crippen molar-refractivity contribution in [2.75, 3.05) is 5.32 Å². The number of aliphatic carboxylic acids is 1. The second-order valence-electron chi connectivity index (χ2n) is 6.03. The van der Waals surface area contributed by atoms with Gasteiger partial charge in [0.15, 0.2) is 6.10 Å². The van der Waals surface area contributed by atoms with Crippen LogP contribution in [0.5, 0.6) is 0 Å². The number of nitrogens with one attached hydrogen (secondary N) is 1. The van der Waals surface area contributed by atoms with E-state index in [0.717, 1.165) is 10.2 Å². The van der Waals surface area contributed by atoms with Crippen molar-refractivity contribution in [1.29, 1.82) is 0 Å². The molecule has 23 heavy (non-hydrogen) atoms. The van der Waals surface area contributed by atoms with Gasteiger partial charge in [-0.1, -0.05) is 0 Å². The fourth-order valence-electron chi connectivity index (χ4n) is 2.76. The first-order chi connectivity index (χ1) is 11.1. The van der Waals surface area contributed by atoms with Crippen LogP contribution in [0.3, 0.4) is 0 Å². The second-order valence-corrected chi connectivity index (χ2v) is 7.09. The van der Waals surface area contributed by atoms with E-state index in [9.17, 15) is 9.59 Å². The average molecular weight is 332 g/mol. The van der Waals surface area contributed by atoms with Crippen molar-refractivity contribution in [2.45, 2.75) is 43.8 Å². The maximum atomic E-state index is 12.2. The summed E-state index contributed by atoms with van der Waals surface area (Å²) >= 11 is 1.67. The smallest absolute Gasteiger partial charge is 0.332 e. The predicted molar refractivity (Wildman–Crippen MR) is 85.8 cm³/mol. The van der Waals surface area contributed by atoms with Gasteiger partial charge in [-0.15, -0.1) is 11.3 Å². The van der Waals surface area contributed by atoms with Crippen LogP contribution in [0, 0.1) is 0 Å². The normalized spacial score (nSPS) is 24.0. The molecular weight excluding hydrogens is 316 g/mol. The largest absolute Gasteiger partial charge is 0.479 e. The minimum absolute atomic E-state index is 0.292. The summed E-state index contributed by atoms with van der Waals surface area (Å²) in [6, 6.07) is 5.64. The second kappa shape index (κ2) is 5.58. The Labute approximate surface area is 136 Å². The molecule has 1 aromatic carbocycles. The molecule has 2 atom stereocenters. The summed E-state index contributed by atoms with van der Waals surface area (Å²) in [5.74, 6) is -0.690. The van der Waals surface area contributed by atoms with Crippen molar-refractivity contribution in [3.63, 3.8) is 0 Å². The zero-order valence-electron chi connectivity index (χ0n) is 12.3. The third kappa shape index (κ3) is 2.94. The van der Waals surface area contributed by atoms with Gasteiger partial charge < -0.3 is 15.2 Å². The van der Waals surface area contributed by atoms with E-state index < -0.39 is 18.2 Å². The number of carboxylic acid groups (broad SMARTS) is 1. The third-order valence-electron chi connectivity index (χ3n) is 4.19. The molecule has 6 nitrogen and oxygen atoms in total. The zero-order valence-corrected chi connectivity index (χ0v) is 13.1. The summed E-state index contributed by atoms with van der Waals surface area (Å²) in [7, 11) is 0. The maximum Gasteiger partial charge on any atom is 0.332 e. The van der Waals surface area contributed by atoms with Gasteiger partial charge >= 0.3 is 5.97 Å². The van der Waals surface area contributed by atoms with Crippen LogP contribution in [-0.2, 0) is 14.3 Å². The van der Waals surface area contributed by atoms with E-state index in [0.29, 0.717) is 24.4 Å². The number of carbonyl (C=O) groups is 2. The molecule has 2 aliphatic rings. The molecular formula is C16H16N2O4S. The molecule has 1 saturated carbocycles. The van der Waals surface area contributed by atoms with E-state index in [1.807, 2.05) is 18.2 Å². The van der Waals surface area contributed by atoms with Gasteiger partial charge in [0, 0.05) is 11.6 Å². The van der Waals surface area contributed by atoms with Gasteiger partial charge in [-0.25, -0.2) is 9.78 Å². The highest BCUT2D eigenvalue weighted by Crippen LogP contribution is 2.43. The van der Waals surface area contributed by atoms with Gasteiger partial charge in [0.1, 0.15) is 6.10 Å². The van der Waals surface area contributed by atoms with Gasteiger partial charge in [-0.05, 0) is 43.9 Å². The Morgan fingerprint density at radius 2 is 2.00 bits per heavy atom. The molecule has 0 bridgehead atoms. The maximum absolute atomic E-state index is 12.2. The Morgan fingerprint density at radius 3 is 2.70 bits per heavy atom. The van der Waals surface area contributed by atoms with Crippen LogP contribution in [-0.4, -0.2) is 34.2 Å². The standard InChI is InChI=1S/C16H16N2O4S/c19-14(11-5-6-12(22-11)16(20)21)17-9-3-4-10-13(7-9)23-15(18-10)8-1-2-8/h3-4,7-8,11-12H,1-2,5-6H2,(H,17,19)(H,20,21)/t11-,12+/m0/s1. The first-order valence-corrected chi connectivity index (χ1v) is 8.51. The third-order valence-corrected chi connectivity index (χ3v) is 5.37. The monoisotopic (exact) mass is 332 g/mol. The predicted octanol–water partition coefficient (Wildman–Crippen LogP) is 2.74. The Kier molecular flexibility index (Phi) is 3.54. The topological polar surface area (TPSA) is 88.5 Å². The number of nitrogens with zero attached hydrogens (tertiary/aromatic N) is 1. The van der Waals surface area contributed by atoms with Gasteiger partial charge in [-0.3, -0.25) is 4.79 Å². The summed E-state index contributed by atoms with van der Waals surface area (Å²) in [5, 5.41) is 12.9. The summed E-state index contributed by atoms with van der Waals surface area (Å²) in [6.07, 6.45) is 1.65. The van der Waals surface area contributed by atoms with Gasteiger partial charge in [0.05, 0.1) is 15.2 Å². The van der Waals surface area contributed by atoms with Gasteiger partial charge in [-0.2, -0.15) is 0 Å². The van der Waals surface area contributed by atoms with Crippen LogP contribution in [0.1, 0.15) is 36.6 Å². The molecule has 1 aromatic heterocycles. The van der Waals surface area contributed by atoms with Crippen molar-refractivity contribution in [2.24, 2.45) is 0 Å².